The van der Waals surface area contributed by atoms with Gasteiger partial charge in [-0.15, -0.1) is 0 Å². The molecular weight excluding hydrogens is 314 g/mol. The number of ether oxygens (including phenoxy) is 1. The number of hydrogen-bond acceptors (Lipinski definition) is 4. The van der Waals surface area contributed by atoms with E-state index < -0.39 is 11.9 Å². The molecule has 1 aromatic rings. The van der Waals surface area contributed by atoms with Gasteiger partial charge < -0.3 is 9.64 Å². The van der Waals surface area contributed by atoms with E-state index in [9.17, 15) is 9.59 Å². The number of Topliss-reactive ketones (excluding diaryl/α,β-unsaturated/α-hetero) is 1. The van der Waals surface area contributed by atoms with Gasteiger partial charge in [0.2, 0.25) is 0 Å². The molecule has 1 unspecified atom stereocenters. The zero-order chi connectivity index (χ0) is 17.3. The van der Waals surface area contributed by atoms with E-state index in [4.69, 9.17) is 16.3 Å². The van der Waals surface area contributed by atoms with Crippen LogP contribution in [-0.4, -0.2) is 30.8 Å². The van der Waals surface area contributed by atoms with Crippen LogP contribution in [0.4, 0.5) is 0 Å². The number of benzene rings is 1. The highest BCUT2D eigenvalue weighted by atomic mass is 35.5. The molecule has 122 valence electrons. The first-order valence-corrected chi connectivity index (χ1v) is 7.67. The lowest BCUT2D eigenvalue weighted by Gasteiger charge is -2.35. The quantitative estimate of drug-likeness (QED) is 0.792. The zero-order valence-electron chi connectivity index (χ0n) is 13.9. The summed E-state index contributed by atoms with van der Waals surface area (Å²) in [6.07, 6.45) is 0. The summed E-state index contributed by atoms with van der Waals surface area (Å²) in [6, 6.07) is 7.19. The molecule has 0 saturated heterocycles. The highest BCUT2D eigenvalue weighted by molar-refractivity contribution is 6.30. The van der Waals surface area contributed by atoms with Crippen molar-refractivity contribution in [1.82, 2.24) is 4.90 Å². The second kappa shape index (κ2) is 6.59. The van der Waals surface area contributed by atoms with Gasteiger partial charge in [-0.05, 0) is 38.5 Å². The fourth-order valence-corrected chi connectivity index (χ4v) is 3.12. The van der Waals surface area contributed by atoms with Crippen LogP contribution in [-0.2, 0) is 14.3 Å². The number of carbonyl (C=O) groups is 2. The third kappa shape index (κ3) is 3.04. The maximum absolute atomic E-state index is 12.4. The highest BCUT2D eigenvalue weighted by Crippen LogP contribution is 2.42. The number of carbonyl (C=O) groups excluding carboxylic acids is 2. The van der Waals surface area contributed by atoms with Crippen LogP contribution in [0.2, 0.25) is 5.02 Å². The summed E-state index contributed by atoms with van der Waals surface area (Å²) in [4.78, 5) is 26.5. The molecule has 0 fully saturated rings. The Morgan fingerprint density at radius 1 is 1.09 bits per heavy atom. The number of ketones is 1. The SMILES string of the molecule is COC(=O)C1=C(C)N(C)C(C)=C(C(C)=O)C1c1ccc(Cl)cc1. The van der Waals surface area contributed by atoms with Crippen molar-refractivity contribution >= 4 is 23.4 Å². The zero-order valence-corrected chi connectivity index (χ0v) is 14.7. The summed E-state index contributed by atoms with van der Waals surface area (Å²) in [6.45, 7) is 5.26. The molecule has 0 saturated carbocycles. The summed E-state index contributed by atoms with van der Waals surface area (Å²) >= 11 is 5.97. The summed E-state index contributed by atoms with van der Waals surface area (Å²) < 4.78 is 4.96. The largest absolute Gasteiger partial charge is 0.466 e. The summed E-state index contributed by atoms with van der Waals surface area (Å²) in [5.41, 5.74) is 3.53. The van der Waals surface area contributed by atoms with Crippen LogP contribution in [0.3, 0.4) is 0 Å². The van der Waals surface area contributed by atoms with E-state index in [-0.39, 0.29) is 5.78 Å². The van der Waals surface area contributed by atoms with E-state index in [2.05, 4.69) is 0 Å². The van der Waals surface area contributed by atoms with Crippen molar-refractivity contribution in [3.8, 4) is 0 Å². The van der Waals surface area contributed by atoms with E-state index in [0.717, 1.165) is 17.0 Å². The van der Waals surface area contributed by atoms with Crippen molar-refractivity contribution in [3.63, 3.8) is 0 Å². The summed E-state index contributed by atoms with van der Waals surface area (Å²) in [7, 11) is 3.19. The van der Waals surface area contributed by atoms with Gasteiger partial charge in [0.25, 0.3) is 0 Å². The number of halogens is 1. The number of methoxy groups -OCH3 is 1. The van der Waals surface area contributed by atoms with E-state index in [0.29, 0.717) is 16.2 Å². The number of hydrogen-bond donors (Lipinski definition) is 0. The number of esters is 1. The van der Waals surface area contributed by atoms with Crippen LogP contribution >= 0.6 is 11.6 Å². The van der Waals surface area contributed by atoms with Crippen molar-refractivity contribution in [3.05, 3.63) is 57.4 Å². The van der Waals surface area contributed by atoms with Gasteiger partial charge in [0.15, 0.2) is 5.78 Å². The Balaban J connectivity index is 2.73. The molecule has 0 aliphatic carbocycles. The van der Waals surface area contributed by atoms with E-state index in [1.165, 1.54) is 14.0 Å². The molecule has 1 heterocycles. The molecule has 0 amide bonds. The molecule has 0 aromatic heterocycles. The lowest BCUT2D eigenvalue weighted by atomic mass is 9.78. The van der Waals surface area contributed by atoms with Crippen molar-refractivity contribution in [2.24, 2.45) is 0 Å². The molecular formula is C18H20ClNO3. The van der Waals surface area contributed by atoms with Gasteiger partial charge >= 0.3 is 5.97 Å². The fourth-order valence-electron chi connectivity index (χ4n) is 3.00. The highest BCUT2D eigenvalue weighted by Gasteiger charge is 2.37. The lowest BCUT2D eigenvalue weighted by Crippen LogP contribution is -2.32. The van der Waals surface area contributed by atoms with Crippen LogP contribution < -0.4 is 0 Å². The van der Waals surface area contributed by atoms with Gasteiger partial charge in [0.1, 0.15) is 0 Å². The van der Waals surface area contributed by atoms with Crippen molar-refractivity contribution < 1.29 is 14.3 Å². The molecule has 0 bridgehead atoms. The van der Waals surface area contributed by atoms with Gasteiger partial charge in [-0.2, -0.15) is 0 Å². The van der Waals surface area contributed by atoms with Crippen LogP contribution in [0.1, 0.15) is 32.3 Å². The molecule has 0 radical (unpaired) electrons. The second-order valence-corrected chi connectivity index (χ2v) is 6.03. The van der Waals surface area contributed by atoms with Crippen molar-refractivity contribution in [2.45, 2.75) is 26.7 Å². The summed E-state index contributed by atoms with van der Waals surface area (Å²) in [5.74, 6) is -0.947. The first kappa shape index (κ1) is 17.3. The molecule has 1 aliphatic heterocycles. The third-order valence-electron chi connectivity index (χ3n) is 4.35. The minimum Gasteiger partial charge on any atom is -0.466 e. The van der Waals surface area contributed by atoms with Gasteiger partial charge in [0.05, 0.1) is 12.7 Å². The van der Waals surface area contributed by atoms with E-state index in [1.54, 1.807) is 12.1 Å². The van der Waals surface area contributed by atoms with Gasteiger partial charge in [-0.25, -0.2) is 4.79 Å². The number of nitrogens with zero attached hydrogens (tertiary/aromatic N) is 1. The van der Waals surface area contributed by atoms with E-state index in [1.807, 2.05) is 37.9 Å². The van der Waals surface area contributed by atoms with Crippen LogP contribution in [0.15, 0.2) is 46.8 Å². The number of allylic oxidation sites excluding steroid dienone is 3. The molecule has 0 N–H and O–H groups in total. The predicted molar refractivity (Wildman–Crippen MR) is 90.1 cm³/mol. The minimum absolute atomic E-state index is 0.0665. The standard InChI is InChI=1S/C18H20ClNO3/c1-10-15(12(3)21)17(13-6-8-14(19)9-7-13)16(18(22)23-5)11(2)20(10)4/h6-9,17H,1-5H3. The Bertz CT molecular complexity index is 716. The van der Waals surface area contributed by atoms with Crippen molar-refractivity contribution in [2.75, 3.05) is 14.2 Å². The smallest absolute Gasteiger partial charge is 0.336 e. The fraction of sp³-hybridized carbons (Fsp3) is 0.333. The Labute approximate surface area is 141 Å². The van der Waals surface area contributed by atoms with Crippen LogP contribution in [0, 0.1) is 0 Å². The topological polar surface area (TPSA) is 46.6 Å². The Hall–Kier alpha value is -2.07. The summed E-state index contributed by atoms with van der Waals surface area (Å²) in [5, 5.41) is 0.604. The Morgan fingerprint density at radius 2 is 1.61 bits per heavy atom. The molecule has 0 spiro atoms. The Morgan fingerprint density at radius 3 is 2.09 bits per heavy atom. The Kier molecular flexibility index (Phi) is 4.95. The first-order chi connectivity index (χ1) is 10.8. The van der Waals surface area contributed by atoms with Gasteiger partial charge in [0, 0.05) is 35.0 Å². The molecule has 1 aliphatic rings. The minimum atomic E-state index is -0.451. The van der Waals surface area contributed by atoms with Crippen molar-refractivity contribution in [1.29, 1.82) is 0 Å². The molecule has 5 heteroatoms. The molecule has 1 aromatic carbocycles. The average molecular weight is 334 g/mol. The molecule has 4 nitrogen and oxygen atoms in total. The number of rotatable bonds is 3. The molecule has 23 heavy (non-hydrogen) atoms. The van der Waals surface area contributed by atoms with Gasteiger partial charge in [-0.1, -0.05) is 23.7 Å². The normalized spacial score (nSPS) is 18.3. The maximum atomic E-state index is 12.4. The maximum Gasteiger partial charge on any atom is 0.336 e. The first-order valence-electron chi connectivity index (χ1n) is 7.29. The van der Waals surface area contributed by atoms with Crippen LogP contribution in [0.25, 0.3) is 0 Å². The average Bonchev–Trinajstić information content (AvgIpc) is 2.52. The monoisotopic (exact) mass is 333 g/mol. The predicted octanol–water partition coefficient (Wildman–Crippen LogP) is 3.68. The van der Waals surface area contributed by atoms with E-state index >= 15 is 0 Å². The molecule has 2 rings (SSSR count). The van der Waals surface area contributed by atoms with Gasteiger partial charge in [-0.3, -0.25) is 4.79 Å². The van der Waals surface area contributed by atoms with Crippen LogP contribution in [0.5, 0.6) is 0 Å². The third-order valence-corrected chi connectivity index (χ3v) is 4.60. The molecule has 1 atom stereocenters. The lowest BCUT2D eigenvalue weighted by molar-refractivity contribution is -0.136. The second-order valence-electron chi connectivity index (χ2n) is 5.59.